The number of pyridine rings is 1. The first kappa shape index (κ1) is 20.2. The Balaban J connectivity index is 2.01. The fourth-order valence-corrected chi connectivity index (χ4v) is 2.60. The van der Waals surface area contributed by atoms with E-state index in [-0.39, 0.29) is 11.1 Å². The summed E-state index contributed by atoms with van der Waals surface area (Å²) in [5, 5.41) is 1.77. The van der Waals surface area contributed by atoms with Gasteiger partial charge in [0.15, 0.2) is 0 Å². The molecule has 152 valence electrons. The molecule has 0 aliphatic heterocycles. The second-order valence-corrected chi connectivity index (χ2v) is 5.97. The zero-order valence-corrected chi connectivity index (χ0v) is 14.6. The highest BCUT2D eigenvalue weighted by Gasteiger charge is 2.33. The number of fused-ring (bicyclic) bond motifs is 1. The third kappa shape index (κ3) is 3.86. The minimum absolute atomic E-state index is 0.319. The van der Waals surface area contributed by atoms with Gasteiger partial charge in [-0.15, -0.1) is 0 Å². The van der Waals surface area contributed by atoms with Crippen molar-refractivity contribution in [1.82, 2.24) is 14.1 Å². The van der Waals surface area contributed by atoms with Gasteiger partial charge in [-0.25, -0.2) is 18.6 Å². The standard InChI is InChI=1S/C17H11F5N4O3/c1-25-14-9(3-5-12(24-14)17(20,21)22)15(28)26(16(25)29)7-13(27)23-11-4-2-8(18)6-10(11)19/h2-6H,7H2,1H3,(H,23,27). The van der Waals surface area contributed by atoms with Crippen molar-refractivity contribution in [3.63, 3.8) is 0 Å². The van der Waals surface area contributed by atoms with Gasteiger partial charge in [0.25, 0.3) is 5.56 Å². The lowest BCUT2D eigenvalue weighted by Gasteiger charge is -2.12. The molecule has 0 aliphatic carbocycles. The van der Waals surface area contributed by atoms with Gasteiger partial charge in [-0.05, 0) is 24.3 Å². The molecule has 7 nitrogen and oxygen atoms in total. The molecule has 0 unspecified atom stereocenters. The Morgan fingerprint density at radius 1 is 1.14 bits per heavy atom. The maximum Gasteiger partial charge on any atom is 0.433 e. The summed E-state index contributed by atoms with van der Waals surface area (Å²) in [5.41, 5.74) is -4.31. The van der Waals surface area contributed by atoms with E-state index in [0.717, 1.165) is 25.2 Å². The fourth-order valence-electron chi connectivity index (χ4n) is 2.60. The van der Waals surface area contributed by atoms with Crippen LogP contribution in [0.25, 0.3) is 11.0 Å². The van der Waals surface area contributed by atoms with Gasteiger partial charge in [-0.2, -0.15) is 13.2 Å². The third-order valence-electron chi connectivity index (χ3n) is 3.98. The Morgan fingerprint density at radius 2 is 1.83 bits per heavy atom. The first-order valence-corrected chi connectivity index (χ1v) is 7.91. The van der Waals surface area contributed by atoms with Crippen LogP contribution in [0.1, 0.15) is 5.69 Å². The van der Waals surface area contributed by atoms with Crippen molar-refractivity contribution in [3.05, 3.63) is 68.5 Å². The molecule has 29 heavy (non-hydrogen) atoms. The number of nitrogens with one attached hydrogen (secondary N) is 1. The number of amides is 1. The summed E-state index contributed by atoms with van der Waals surface area (Å²) in [4.78, 5) is 40.3. The van der Waals surface area contributed by atoms with Crippen molar-refractivity contribution in [2.24, 2.45) is 7.05 Å². The van der Waals surface area contributed by atoms with Crippen molar-refractivity contribution >= 4 is 22.6 Å². The molecule has 1 aromatic carbocycles. The topological polar surface area (TPSA) is 86.0 Å². The average molecular weight is 414 g/mol. The molecule has 0 radical (unpaired) electrons. The van der Waals surface area contributed by atoms with E-state index in [4.69, 9.17) is 0 Å². The van der Waals surface area contributed by atoms with Gasteiger partial charge in [-0.3, -0.25) is 18.7 Å². The molecule has 3 rings (SSSR count). The van der Waals surface area contributed by atoms with Gasteiger partial charge in [0.05, 0.1) is 11.1 Å². The summed E-state index contributed by atoms with van der Waals surface area (Å²) < 4.78 is 66.2. The van der Waals surface area contributed by atoms with E-state index >= 15 is 0 Å². The Morgan fingerprint density at radius 3 is 2.45 bits per heavy atom. The molecule has 0 spiro atoms. The first-order valence-electron chi connectivity index (χ1n) is 7.91. The number of nitrogens with zero attached hydrogens (tertiary/aromatic N) is 3. The van der Waals surface area contributed by atoms with E-state index in [1.54, 1.807) is 0 Å². The van der Waals surface area contributed by atoms with Gasteiger partial charge in [-0.1, -0.05) is 0 Å². The van der Waals surface area contributed by atoms with Crippen LogP contribution in [0, 0.1) is 11.6 Å². The molecule has 0 saturated carbocycles. The van der Waals surface area contributed by atoms with E-state index in [1.165, 1.54) is 0 Å². The monoisotopic (exact) mass is 414 g/mol. The molecule has 12 heteroatoms. The molecule has 0 fully saturated rings. The number of rotatable bonds is 3. The van der Waals surface area contributed by atoms with E-state index < -0.39 is 52.9 Å². The van der Waals surface area contributed by atoms with Crippen LogP contribution in [-0.2, 0) is 24.6 Å². The van der Waals surface area contributed by atoms with Crippen LogP contribution in [0.15, 0.2) is 39.9 Å². The van der Waals surface area contributed by atoms with Crippen molar-refractivity contribution in [2.75, 3.05) is 5.32 Å². The van der Waals surface area contributed by atoms with Crippen LogP contribution in [0.5, 0.6) is 0 Å². The largest absolute Gasteiger partial charge is 0.433 e. The normalized spacial score (nSPS) is 11.7. The molecule has 1 N–H and O–H groups in total. The predicted molar refractivity (Wildman–Crippen MR) is 91.2 cm³/mol. The number of carbonyl (C=O) groups is 1. The minimum Gasteiger partial charge on any atom is -0.322 e. The van der Waals surface area contributed by atoms with Crippen molar-refractivity contribution < 1.29 is 26.7 Å². The third-order valence-corrected chi connectivity index (χ3v) is 3.98. The molecule has 2 aromatic heterocycles. The summed E-state index contributed by atoms with van der Waals surface area (Å²) in [5.74, 6) is -2.92. The lowest BCUT2D eigenvalue weighted by atomic mass is 10.2. The van der Waals surface area contributed by atoms with Crippen molar-refractivity contribution in [1.29, 1.82) is 0 Å². The molecule has 0 bridgehead atoms. The van der Waals surface area contributed by atoms with E-state index in [2.05, 4.69) is 10.3 Å². The van der Waals surface area contributed by atoms with Crippen molar-refractivity contribution in [2.45, 2.75) is 12.7 Å². The molecular formula is C17H11F5N4O3. The average Bonchev–Trinajstić information content (AvgIpc) is 2.64. The van der Waals surface area contributed by atoms with Gasteiger partial charge in [0.1, 0.15) is 29.5 Å². The highest BCUT2D eigenvalue weighted by Crippen LogP contribution is 2.28. The zero-order valence-electron chi connectivity index (χ0n) is 14.6. The highest BCUT2D eigenvalue weighted by atomic mass is 19.4. The number of anilines is 1. The quantitative estimate of drug-likeness (QED) is 0.665. The van der Waals surface area contributed by atoms with Crippen LogP contribution in [0.4, 0.5) is 27.6 Å². The van der Waals surface area contributed by atoms with Gasteiger partial charge in [0, 0.05) is 13.1 Å². The van der Waals surface area contributed by atoms with E-state index in [9.17, 15) is 36.3 Å². The molecule has 0 saturated heterocycles. The van der Waals surface area contributed by atoms with Crippen molar-refractivity contribution in [3.8, 4) is 0 Å². The van der Waals surface area contributed by atoms with Gasteiger partial charge >= 0.3 is 11.9 Å². The highest BCUT2D eigenvalue weighted by molar-refractivity contribution is 5.90. The number of aromatic nitrogens is 3. The Hall–Kier alpha value is -3.57. The maximum absolute atomic E-state index is 13.6. The SMILES string of the molecule is Cn1c(=O)n(CC(=O)Nc2ccc(F)cc2F)c(=O)c2ccc(C(F)(F)F)nc21. The van der Waals surface area contributed by atoms with Crippen LogP contribution in [-0.4, -0.2) is 20.0 Å². The summed E-state index contributed by atoms with van der Waals surface area (Å²) >= 11 is 0. The molecule has 0 atom stereocenters. The zero-order chi connectivity index (χ0) is 21.5. The first-order chi connectivity index (χ1) is 13.5. The van der Waals surface area contributed by atoms with Gasteiger partial charge in [0.2, 0.25) is 5.91 Å². The second-order valence-electron chi connectivity index (χ2n) is 5.97. The smallest absolute Gasteiger partial charge is 0.322 e. The predicted octanol–water partition coefficient (Wildman–Crippen LogP) is 2.03. The number of aryl methyl sites for hydroxylation is 1. The number of carbonyl (C=O) groups excluding carboxylic acids is 1. The van der Waals surface area contributed by atoms with Crippen LogP contribution < -0.4 is 16.6 Å². The number of hydrogen-bond donors (Lipinski definition) is 1. The molecular weight excluding hydrogens is 403 g/mol. The molecule has 0 aliphatic rings. The number of hydrogen-bond acceptors (Lipinski definition) is 4. The molecule has 3 aromatic rings. The maximum atomic E-state index is 13.6. The van der Waals surface area contributed by atoms with E-state index in [0.29, 0.717) is 21.3 Å². The Kier molecular flexibility index (Phi) is 4.95. The summed E-state index contributed by atoms with van der Waals surface area (Å²) in [6.07, 6.45) is -4.78. The molecule has 1 amide bonds. The fraction of sp³-hybridized carbons (Fsp3) is 0.176. The number of benzene rings is 1. The Bertz CT molecular complexity index is 1250. The second kappa shape index (κ2) is 7.11. The van der Waals surface area contributed by atoms with Crippen LogP contribution >= 0.6 is 0 Å². The van der Waals surface area contributed by atoms with Gasteiger partial charge < -0.3 is 5.32 Å². The number of halogens is 5. The molecule has 2 heterocycles. The van der Waals surface area contributed by atoms with Crippen LogP contribution in [0.3, 0.4) is 0 Å². The summed E-state index contributed by atoms with van der Waals surface area (Å²) in [6.45, 7) is -0.848. The lowest BCUT2D eigenvalue weighted by Crippen LogP contribution is -2.42. The number of alkyl halides is 3. The summed E-state index contributed by atoms with van der Waals surface area (Å²) in [6, 6.07) is 3.80. The van der Waals surface area contributed by atoms with Crippen LogP contribution in [0.2, 0.25) is 0 Å². The summed E-state index contributed by atoms with van der Waals surface area (Å²) in [7, 11) is 1.09. The van der Waals surface area contributed by atoms with E-state index in [1.807, 2.05) is 0 Å². The Labute approximate surface area is 158 Å². The lowest BCUT2D eigenvalue weighted by molar-refractivity contribution is -0.141. The minimum atomic E-state index is -4.78.